The maximum atomic E-state index is 10.5. The fourth-order valence-electron chi connectivity index (χ4n) is 0.586. The lowest BCUT2D eigenvalue weighted by Crippen LogP contribution is -2.46. The second kappa shape index (κ2) is 3.53. The van der Waals surface area contributed by atoms with Crippen LogP contribution in [0.25, 0.3) is 0 Å². The molecule has 0 aromatic rings. The highest BCUT2D eigenvalue weighted by Gasteiger charge is 2.31. The molecule has 4 nitrogen and oxygen atoms in total. The topological polar surface area (TPSA) is 72.6 Å². The molecule has 1 unspecified atom stereocenters. The second-order valence-electron chi connectivity index (χ2n) is 2.18. The maximum absolute atomic E-state index is 10.5. The molecular weight excluding hydrogens is 134 g/mol. The van der Waals surface area contributed by atoms with Crippen LogP contribution >= 0.6 is 0 Å². The molecule has 0 rings (SSSR count). The second-order valence-corrected chi connectivity index (χ2v) is 2.18. The first kappa shape index (κ1) is 9.39. The normalized spacial score (nSPS) is 16.3. The largest absolute Gasteiger partial charge is 0.381 e. The van der Waals surface area contributed by atoms with Gasteiger partial charge in [0.25, 0.3) is 5.91 Å². The van der Waals surface area contributed by atoms with Gasteiger partial charge in [0.05, 0.1) is 6.61 Å². The minimum atomic E-state index is -1.49. The molecule has 0 saturated heterocycles. The quantitative estimate of drug-likeness (QED) is 0.550. The average Bonchev–Trinajstić information content (AvgIpc) is 1.88. The molecule has 0 bridgehead atoms. The zero-order valence-corrected chi connectivity index (χ0v) is 6.26. The molecule has 1 amide bonds. The van der Waals surface area contributed by atoms with Crippen LogP contribution < -0.4 is 5.73 Å². The number of ether oxygens (including phenoxy) is 1. The summed E-state index contributed by atoms with van der Waals surface area (Å²) in [6.07, 6.45) is 0.274. The molecule has 0 radical (unpaired) electrons. The van der Waals surface area contributed by atoms with Crippen molar-refractivity contribution < 1.29 is 14.6 Å². The summed E-state index contributed by atoms with van der Waals surface area (Å²) >= 11 is 0. The number of hydrogen-bond acceptors (Lipinski definition) is 3. The monoisotopic (exact) mass is 147 g/mol. The lowest BCUT2D eigenvalue weighted by molar-refractivity contribution is -0.142. The first-order chi connectivity index (χ1) is 4.56. The molecule has 0 spiro atoms. The predicted molar refractivity (Wildman–Crippen MR) is 36.3 cm³/mol. The SMILES string of the molecule is CCC(O)(COC)C(N)=O. The Bertz CT molecular complexity index is 126. The number of primary amides is 1. The van der Waals surface area contributed by atoms with E-state index in [9.17, 15) is 9.90 Å². The van der Waals surface area contributed by atoms with E-state index in [0.717, 1.165) is 0 Å². The van der Waals surface area contributed by atoms with E-state index in [0.29, 0.717) is 0 Å². The molecule has 3 N–H and O–H groups in total. The summed E-state index contributed by atoms with van der Waals surface area (Å²) < 4.78 is 4.61. The number of methoxy groups -OCH3 is 1. The minimum absolute atomic E-state index is 0.0428. The third-order valence-electron chi connectivity index (χ3n) is 1.43. The van der Waals surface area contributed by atoms with Gasteiger partial charge in [-0.1, -0.05) is 6.92 Å². The fourth-order valence-corrected chi connectivity index (χ4v) is 0.586. The van der Waals surface area contributed by atoms with Crippen molar-refractivity contribution in [1.29, 1.82) is 0 Å². The third-order valence-corrected chi connectivity index (χ3v) is 1.43. The van der Waals surface area contributed by atoms with Crippen molar-refractivity contribution in [2.75, 3.05) is 13.7 Å². The van der Waals surface area contributed by atoms with E-state index in [1.54, 1.807) is 6.92 Å². The van der Waals surface area contributed by atoms with E-state index < -0.39 is 11.5 Å². The number of carbonyl (C=O) groups is 1. The molecule has 0 aromatic heterocycles. The lowest BCUT2D eigenvalue weighted by Gasteiger charge is -2.20. The Labute approximate surface area is 60.0 Å². The smallest absolute Gasteiger partial charge is 0.251 e. The highest BCUT2D eigenvalue weighted by molar-refractivity contribution is 5.83. The van der Waals surface area contributed by atoms with Gasteiger partial charge in [-0.15, -0.1) is 0 Å². The number of hydrogen-bond donors (Lipinski definition) is 2. The predicted octanol–water partition coefficient (Wildman–Crippen LogP) is -0.741. The molecule has 0 aliphatic carbocycles. The molecule has 0 aliphatic heterocycles. The van der Waals surface area contributed by atoms with Gasteiger partial charge in [-0.05, 0) is 6.42 Å². The highest BCUT2D eigenvalue weighted by Crippen LogP contribution is 2.08. The number of amides is 1. The standard InChI is InChI=1S/C6H13NO3/c1-3-6(9,4-10-2)5(7)8/h9H,3-4H2,1-2H3,(H2,7,8). The van der Waals surface area contributed by atoms with Crippen molar-refractivity contribution in [3.8, 4) is 0 Å². The summed E-state index contributed by atoms with van der Waals surface area (Å²) in [5, 5.41) is 9.30. The van der Waals surface area contributed by atoms with Crippen molar-refractivity contribution in [1.82, 2.24) is 0 Å². The van der Waals surface area contributed by atoms with Gasteiger partial charge in [-0.3, -0.25) is 4.79 Å². The Kier molecular flexibility index (Phi) is 3.32. The van der Waals surface area contributed by atoms with Crippen molar-refractivity contribution in [2.45, 2.75) is 18.9 Å². The highest BCUT2D eigenvalue weighted by atomic mass is 16.5. The van der Waals surface area contributed by atoms with Crippen LogP contribution in [0.3, 0.4) is 0 Å². The summed E-state index contributed by atoms with van der Waals surface area (Å²) in [5.74, 6) is -0.739. The molecule has 4 heteroatoms. The molecule has 0 heterocycles. The third kappa shape index (κ3) is 1.97. The van der Waals surface area contributed by atoms with Crippen LogP contribution in [-0.4, -0.2) is 30.3 Å². The van der Waals surface area contributed by atoms with E-state index in [1.807, 2.05) is 0 Å². The van der Waals surface area contributed by atoms with Gasteiger partial charge in [0.15, 0.2) is 5.60 Å². The van der Waals surface area contributed by atoms with Gasteiger partial charge in [-0.2, -0.15) is 0 Å². The van der Waals surface area contributed by atoms with Crippen LogP contribution in [0.2, 0.25) is 0 Å². The van der Waals surface area contributed by atoms with Crippen molar-refractivity contribution in [3.63, 3.8) is 0 Å². The molecular formula is C6H13NO3. The van der Waals surface area contributed by atoms with Gasteiger partial charge < -0.3 is 15.6 Å². The molecule has 1 atom stereocenters. The van der Waals surface area contributed by atoms with Gasteiger partial charge in [-0.25, -0.2) is 0 Å². The number of rotatable bonds is 4. The van der Waals surface area contributed by atoms with Crippen LogP contribution in [-0.2, 0) is 9.53 Å². The van der Waals surface area contributed by atoms with Crippen molar-refractivity contribution in [2.24, 2.45) is 5.73 Å². The molecule has 60 valence electrons. The summed E-state index contributed by atoms with van der Waals surface area (Å²) in [6, 6.07) is 0. The average molecular weight is 147 g/mol. The number of aliphatic hydroxyl groups is 1. The van der Waals surface area contributed by atoms with Gasteiger partial charge in [0, 0.05) is 7.11 Å². The Hall–Kier alpha value is -0.610. The lowest BCUT2D eigenvalue weighted by atomic mass is 10.0. The molecule has 10 heavy (non-hydrogen) atoms. The molecule has 0 aromatic carbocycles. The summed E-state index contributed by atoms with van der Waals surface area (Å²) in [6.45, 7) is 1.63. The van der Waals surface area contributed by atoms with E-state index in [1.165, 1.54) is 7.11 Å². The number of carbonyl (C=O) groups excluding carboxylic acids is 1. The summed E-state index contributed by atoms with van der Waals surface area (Å²) in [5.41, 5.74) is 3.41. The molecule has 0 fully saturated rings. The van der Waals surface area contributed by atoms with E-state index in [-0.39, 0.29) is 13.0 Å². The van der Waals surface area contributed by atoms with E-state index in [4.69, 9.17) is 5.73 Å². The van der Waals surface area contributed by atoms with Gasteiger partial charge in [0.2, 0.25) is 0 Å². The van der Waals surface area contributed by atoms with Crippen molar-refractivity contribution in [3.05, 3.63) is 0 Å². The Morgan fingerprint density at radius 3 is 2.40 bits per heavy atom. The Morgan fingerprint density at radius 2 is 2.30 bits per heavy atom. The van der Waals surface area contributed by atoms with Gasteiger partial charge in [0.1, 0.15) is 0 Å². The van der Waals surface area contributed by atoms with E-state index in [2.05, 4.69) is 4.74 Å². The van der Waals surface area contributed by atoms with Gasteiger partial charge >= 0.3 is 0 Å². The van der Waals surface area contributed by atoms with Crippen LogP contribution in [0.1, 0.15) is 13.3 Å². The fraction of sp³-hybridized carbons (Fsp3) is 0.833. The van der Waals surface area contributed by atoms with Crippen LogP contribution in [0.15, 0.2) is 0 Å². The minimum Gasteiger partial charge on any atom is -0.381 e. The zero-order chi connectivity index (χ0) is 8.20. The first-order valence-corrected chi connectivity index (χ1v) is 3.08. The first-order valence-electron chi connectivity index (χ1n) is 3.08. The van der Waals surface area contributed by atoms with Crippen LogP contribution in [0.5, 0.6) is 0 Å². The Morgan fingerprint density at radius 1 is 1.80 bits per heavy atom. The molecule has 0 saturated carbocycles. The van der Waals surface area contributed by atoms with Crippen LogP contribution in [0, 0.1) is 0 Å². The van der Waals surface area contributed by atoms with Crippen molar-refractivity contribution >= 4 is 5.91 Å². The Balaban J connectivity index is 4.08. The summed E-state index contributed by atoms with van der Waals surface area (Å²) in [4.78, 5) is 10.5. The van der Waals surface area contributed by atoms with Crippen LogP contribution in [0.4, 0.5) is 0 Å². The van der Waals surface area contributed by atoms with E-state index >= 15 is 0 Å². The maximum Gasteiger partial charge on any atom is 0.251 e. The zero-order valence-electron chi connectivity index (χ0n) is 6.26. The summed E-state index contributed by atoms with van der Waals surface area (Å²) in [7, 11) is 1.41. The number of nitrogens with two attached hydrogens (primary N) is 1. The molecule has 0 aliphatic rings.